The molecule has 1 aliphatic heterocycles. The van der Waals surface area contributed by atoms with Crippen molar-refractivity contribution >= 4 is 15.8 Å². The molecule has 0 aromatic rings. The summed E-state index contributed by atoms with van der Waals surface area (Å²) in [6.07, 6.45) is -3.09. The van der Waals surface area contributed by atoms with Gasteiger partial charge in [-0.2, -0.15) is 13.2 Å². The Balaban J connectivity index is 2.72. The number of halogens is 3. The zero-order valence-corrected chi connectivity index (χ0v) is 12.2. The fraction of sp³-hybridized carbons (Fsp3) is 0.909. The lowest BCUT2D eigenvalue weighted by Gasteiger charge is -2.33. The molecule has 1 rings (SSSR count). The molecule has 0 amide bonds. The number of hydrogen-bond acceptors (Lipinski definition) is 4. The molecule has 118 valence electrons. The van der Waals surface area contributed by atoms with E-state index in [0.717, 1.165) is 6.26 Å². The standard InChI is InChI=1S/C11H19F3N2O3S/c1-10(15,11(12,13)14)9(17)6-8-4-3-5-16(7-8)20(2,18)19/h8H,3-7,15H2,1-2H3. The van der Waals surface area contributed by atoms with Crippen LogP contribution in [0.3, 0.4) is 0 Å². The molecule has 2 N–H and O–H groups in total. The van der Waals surface area contributed by atoms with Crippen LogP contribution in [0.4, 0.5) is 13.2 Å². The van der Waals surface area contributed by atoms with Crippen molar-refractivity contribution in [3.8, 4) is 0 Å². The number of nitrogens with zero attached hydrogens (tertiary/aromatic N) is 1. The first kappa shape index (κ1) is 17.4. The maximum absolute atomic E-state index is 12.7. The maximum atomic E-state index is 12.7. The Kier molecular flexibility index (Phi) is 4.87. The number of nitrogens with two attached hydrogens (primary N) is 1. The quantitative estimate of drug-likeness (QED) is 0.835. The molecule has 0 spiro atoms. The van der Waals surface area contributed by atoms with Crippen molar-refractivity contribution in [1.29, 1.82) is 0 Å². The zero-order valence-electron chi connectivity index (χ0n) is 11.4. The molecule has 0 radical (unpaired) electrons. The molecule has 2 atom stereocenters. The minimum absolute atomic E-state index is 0.0680. The number of carbonyl (C=O) groups is 1. The van der Waals surface area contributed by atoms with Crippen LogP contribution in [0.1, 0.15) is 26.2 Å². The molecule has 0 aromatic carbocycles. The normalized spacial score (nSPS) is 25.2. The van der Waals surface area contributed by atoms with Crippen LogP contribution < -0.4 is 5.73 Å². The van der Waals surface area contributed by atoms with Gasteiger partial charge in [-0.3, -0.25) is 4.79 Å². The summed E-state index contributed by atoms with van der Waals surface area (Å²) in [5.74, 6) is -1.53. The summed E-state index contributed by atoms with van der Waals surface area (Å²) in [6, 6.07) is 0. The molecule has 0 bridgehead atoms. The highest BCUT2D eigenvalue weighted by Gasteiger charge is 2.53. The first-order valence-corrected chi connectivity index (χ1v) is 8.04. The van der Waals surface area contributed by atoms with Crippen LogP contribution in [0, 0.1) is 5.92 Å². The lowest BCUT2D eigenvalue weighted by atomic mass is 9.86. The van der Waals surface area contributed by atoms with Gasteiger partial charge in [0.05, 0.1) is 6.26 Å². The number of rotatable bonds is 4. The topological polar surface area (TPSA) is 80.5 Å². The fourth-order valence-corrected chi connectivity index (χ4v) is 3.07. The summed E-state index contributed by atoms with van der Waals surface area (Å²) in [5.41, 5.74) is 2.18. The third-order valence-corrected chi connectivity index (χ3v) is 4.86. The summed E-state index contributed by atoms with van der Waals surface area (Å²) in [6.45, 7) is 1.05. The van der Waals surface area contributed by atoms with Gasteiger partial charge < -0.3 is 5.73 Å². The van der Waals surface area contributed by atoms with E-state index in [1.54, 1.807) is 0 Å². The number of Topliss-reactive ketones (excluding diaryl/α,β-unsaturated/α-hetero) is 1. The van der Waals surface area contributed by atoms with E-state index in [1.165, 1.54) is 4.31 Å². The molecular weight excluding hydrogens is 297 g/mol. The average molecular weight is 316 g/mol. The molecule has 1 fully saturated rings. The predicted octanol–water partition coefficient (Wildman–Crippen LogP) is 0.897. The minimum atomic E-state index is -4.81. The molecule has 1 aliphatic rings. The molecular formula is C11H19F3N2O3S. The molecule has 5 nitrogen and oxygen atoms in total. The van der Waals surface area contributed by atoms with E-state index in [-0.39, 0.29) is 13.0 Å². The van der Waals surface area contributed by atoms with Gasteiger partial charge in [0.1, 0.15) is 0 Å². The molecule has 0 aliphatic carbocycles. The van der Waals surface area contributed by atoms with Crippen molar-refractivity contribution in [3.05, 3.63) is 0 Å². The van der Waals surface area contributed by atoms with Gasteiger partial charge in [-0.15, -0.1) is 0 Å². The van der Waals surface area contributed by atoms with Crippen LogP contribution in [0.25, 0.3) is 0 Å². The molecule has 2 unspecified atom stereocenters. The van der Waals surface area contributed by atoms with Crippen molar-refractivity contribution in [2.45, 2.75) is 37.9 Å². The lowest BCUT2D eigenvalue weighted by Crippen LogP contribution is -2.57. The van der Waals surface area contributed by atoms with Crippen molar-refractivity contribution in [2.24, 2.45) is 11.7 Å². The number of alkyl halides is 3. The van der Waals surface area contributed by atoms with Gasteiger partial charge in [-0.1, -0.05) is 0 Å². The van der Waals surface area contributed by atoms with Crippen LogP contribution in [-0.4, -0.2) is 49.6 Å². The number of piperidine rings is 1. The van der Waals surface area contributed by atoms with E-state index < -0.39 is 33.4 Å². The highest BCUT2D eigenvalue weighted by Crippen LogP contribution is 2.32. The van der Waals surface area contributed by atoms with E-state index in [1.807, 2.05) is 0 Å². The summed E-state index contributed by atoms with van der Waals surface area (Å²) < 4.78 is 62.0. The number of sulfonamides is 1. The number of hydrogen-bond donors (Lipinski definition) is 1. The second-order valence-electron chi connectivity index (χ2n) is 5.46. The van der Waals surface area contributed by atoms with E-state index in [0.29, 0.717) is 26.3 Å². The molecule has 20 heavy (non-hydrogen) atoms. The van der Waals surface area contributed by atoms with Gasteiger partial charge in [0, 0.05) is 19.5 Å². The highest BCUT2D eigenvalue weighted by atomic mass is 32.2. The van der Waals surface area contributed by atoms with E-state index >= 15 is 0 Å². The zero-order chi connectivity index (χ0) is 15.8. The van der Waals surface area contributed by atoms with Crippen LogP contribution >= 0.6 is 0 Å². The van der Waals surface area contributed by atoms with Gasteiger partial charge in [-0.05, 0) is 25.7 Å². The SMILES string of the molecule is CC(N)(C(=O)CC1CCCN(S(C)(=O)=O)C1)C(F)(F)F. The van der Waals surface area contributed by atoms with E-state index in [2.05, 4.69) is 0 Å². The molecule has 0 saturated carbocycles. The van der Waals surface area contributed by atoms with Crippen LogP contribution in [0.5, 0.6) is 0 Å². The van der Waals surface area contributed by atoms with Crippen molar-refractivity contribution in [2.75, 3.05) is 19.3 Å². The van der Waals surface area contributed by atoms with E-state index in [4.69, 9.17) is 5.73 Å². The third-order valence-electron chi connectivity index (χ3n) is 3.59. The van der Waals surface area contributed by atoms with Gasteiger partial charge in [0.2, 0.25) is 10.0 Å². The van der Waals surface area contributed by atoms with Crippen LogP contribution in [0.15, 0.2) is 0 Å². The Labute approximate surface area is 116 Å². The Bertz CT molecular complexity index is 474. The summed E-state index contributed by atoms with van der Waals surface area (Å²) >= 11 is 0. The third kappa shape index (κ3) is 3.92. The molecule has 9 heteroatoms. The van der Waals surface area contributed by atoms with E-state index in [9.17, 15) is 26.4 Å². The highest BCUT2D eigenvalue weighted by molar-refractivity contribution is 7.88. The Morgan fingerprint density at radius 1 is 1.40 bits per heavy atom. The van der Waals surface area contributed by atoms with Gasteiger partial charge in [0.25, 0.3) is 0 Å². The summed E-state index contributed by atoms with van der Waals surface area (Å²) in [5, 5.41) is 0. The number of carbonyl (C=O) groups excluding carboxylic acids is 1. The molecule has 0 aromatic heterocycles. The minimum Gasteiger partial charge on any atom is -0.312 e. The Morgan fingerprint density at radius 2 is 1.95 bits per heavy atom. The second-order valence-corrected chi connectivity index (χ2v) is 7.44. The second kappa shape index (κ2) is 5.61. The van der Waals surface area contributed by atoms with Crippen molar-refractivity contribution in [1.82, 2.24) is 4.31 Å². The average Bonchev–Trinajstić information content (AvgIpc) is 2.26. The van der Waals surface area contributed by atoms with Gasteiger partial charge in [0.15, 0.2) is 11.3 Å². The van der Waals surface area contributed by atoms with Gasteiger partial charge >= 0.3 is 6.18 Å². The van der Waals surface area contributed by atoms with Crippen LogP contribution in [-0.2, 0) is 14.8 Å². The summed E-state index contributed by atoms with van der Waals surface area (Å²) in [4.78, 5) is 11.7. The molecule has 1 heterocycles. The maximum Gasteiger partial charge on any atom is 0.413 e. The van der Waals surface area contributed by atoms with Crippen LogP contribution in [0.2, 0.25) is 0 Å². The lowest BCUT2D eigenvalue weighted by molar-refractivity contribution is -0.186. The van der Waals surface area contributed by atoms with Gasteiger partial charge in [-0.25, -0.2) is 12.7 Å². The summed E-state index contributed by atoms with van der Waals surface area (Å²) in [7, 11) is -3.39. The first-order valence-electron chi connectivity index (χ1n) is 6.19. The number of ketones is 1. The smallest absolute Gasteiger partial charge is 0.312 e. The monoisotopic (exact) mass is 316 g/mol. The Hall–Kier alpha value is -0.670. The van der Waals surface area contributed by atoms with Crippen molar-refractivity contribution in [3.63, 3.8) is 0 Å². The molecule has 1 saturated heterocycles. The Morgan fingerprint density at radius 3 is 2.40 bits per heavy atom. The largest absolute Gasteiger partial charge is 0.413 e. The fourth-order valence-electron chi connectivity index (χ4n) is 2.13. The first-order chi connectivity index (χ1) is 8.85. The predicted molar refractivity (Wildman–Crippen MR) is 67.4 cm³/mol. The van der Waals surface area contributed by atoms with Crippen molar-refractivity contribution < 1.29 is 26.4 Å².